The van der Waals surface area contributed by atoms with Crippen LogP contribution in [0.4, 0.5) is 5.82 Å². The van der Waals surface area contributed by atoms with E-state index in [0.29, 0.717) is 24.6 Å². The van der Waals surface area contributed by atoms with Crippen LogP contribution in [-0.4, -0.2) is 40.9 Å². The average Bonchev–Trinajstić information content (AvgIpc) is 2.43. The molecule has 1 rings (SSSR count). The van der Waals surface area contributed by atoms with Gasteiger partial charge in [-0.2, -0.15) is 5.26 Å². The first-order valence-corrected chi connectivity index (χ1v) is 5.81. The number of anilines is 1. The first-order valence-electron chi connectivity index (χ1n) is 5.81. The Bertz CT molecular complexity index is 437. The third-order valence-corrected chi connectivity index (χ3v) is 2.51. The predicted molar refractivity (Wildman–Crippen MR) is 67.9 cm³/mol. The summed E-state index contributed by atoms with van der Waals surface area (Å²) in [4.78, 5) is 21.8. The maximum atomic E-state index is 12.1. The number of nitrogens with one attached hydrogen (secondary N) is 1. The molecule has 1 heterocycles. The Morgan fingerprint density at radius 1 is 1.56 bits per heavy atom. The zero-order valence-corrected chi connectivity index (χ0v) is 10.8. The van der Waals surface area contributed by atoms with Crippen LogP contribution in [0.25, 0.3) is 0 Å². The van der Waals surface area contributed by atoms with E-state index in [9.17, 15) is 4.79 Å². The number of nitrogens with zero attached hydrogens (tertiary/aromatic N) is 4. The van der Waals surface area contributed by atoms with E-state index in [1.54, 1.807) is 18.9 Å². The van der Waals surface area contributed by atoms with Gasteiger partial charge in [0.2, 0.25) is 0 Å². The van der Waals surface area contributed by atoms with E-state index in [4.69, 9.17) is 5.26 Å². The van der Waals surface area contributed by atoms with Crippen LogP contribution >= 0.6 is 0 Å². The van der Waals surface area contributed by atoms with Gasteiger partial charge in [-0.25, -0.2) is 9.97 Å². The molecule has 18 heavy (non-hydrogen) atoms. The molecule has 0 saturated carbocycles. The Labute approximate surface area is 107 Å². The molecule has 96 valence electrons. The second kappa shape index (κ2) is 6.55. The van der Waals surface area contributed by atoms with Gasteiger partial charge in [0, 0.05) is 20.1 Å². The molecule has 0 aliphatic rings. The summed E-state index contributed by atoms with van der Waals surface area (Å²) in [7, 11) is 1.73. The Morgan fingerprint density at radius 3 is 2.72 bits per heavy atom. The van der Waals surface area contributed by atoms with E-state index in [1.165, 1.54) is 12.4 Å². The SMILES string of the molecule is CCN(CC(C)C#N)C(=O)c1cnc(NC)cn1. The summed E-state index contributed by atoms with van der Waals surface area (Å²) >= 11 is 0. The molecule has 6 heteroatoms. The third-order valence-electron chi connectivity index (χ3n) is 2.51. The smallest absolute Gasteiger partial charge is 0.274 e. The minimum atomic E-state index is -0.199. The van der Waals surface area contributed by atoms with Crippen LogP contribution in [0.15, 0.2) is 12.4 Å². The van der Waals surface area contributed by atoms with Crippen molar-refractivity contribution in [1.29, 1.82) is 5.26 Å². The molecule has 1 aromatic rings. The Morgan fingerprint density at radius 2 is 2.28 bits per heavy atom. The van der Waals surface area contributed by atoms with Crippen LogP contribution in [0.5, 0.6) is 0 Å². The molecule has 0 aliphatic carbocycles. The van der Waals surface area contributed by atoms with Crippen LogP contribution in [-0.2, 0) is 0 Å². The van der Waals surface area contributed by atoms with Crippen molar-refractivity contribution in [2.24, 2.45) is 5.92 Å². The summed E-state index contributed by atoms with van der Waals surface area (Å²) < 4.78 is 0. The second-order valence-corrected chi connectivity index (χ2v) is 3.91. The summed E-state index contributed by atoms with van der Waals surface area (Å²) in [6, 6.07) is 2.11. The number of carbonyl (C=O) groups is 1. The fraction of sp³-hybridized carbons (Fsp3) is 0.500. The van der Waals surface area contributed by atoms with Gasteiger partial charge in [-0.05, 0) is 13.8 Å². The lowest BCUT2D eigenvalue weighted by Crippen LogP contribution is -2.34. The van der Waals surface area contributed by atoms with E-state index in [-0.39, 0.29) is 11.8 Å². The molecule has 0 fully saturated rings. The van der Waals surface area contributed by atoms with Crippen molar-refractivity contribution in [3.63, 3.8) is 0 Å². The maximum absolute atomic E-state index is 12.1. The van der Waals surface area contributed by atoms with Crippen LogP contribution in [0.3, 0.4) is 0 Å². The van der Waals surface area contributed by atoms with Gasteiger partial charge < -0.3 is 10.2 Å². The molecule has 1 aromatic heterocycles. The van der Waals surface area contributed by atoms with Crippen molar-refractivity contribution in [3.05, 3.63) is 18.1 Å². The van der Waals surface area contributed by atoms with Crippen LogP contribution in [0.2, 0.25) is 0 Å². The molecule has 1 atom stereocenters. The lowest BCUT2D eigenvalue weighted by molar-refractivity contribution is 0.0746. The summed E-state index contributed by atoms with van der Waals surface area (Å²) in [5, 5.41) is 11.6. The van der Waals surface area contributed by atoms with E-state index < -0.39 is 0 Å². The largest absolute Gasteiger partial charge is 0.372 e. The molecule has 1 amide bonds. The molecule has 0 aromatic carbocycles. The summed E-state index contributed by atoms with van der Waals surface area (Å²) in [5.74, 6) is 0.216. The van der Waals surface area contributed by atoms with Gasteiger partial charge in [-0.15, -0.1) is 0 Å². The summed E-state index contributed by atoms with van der Waals surface area (Å²) in [6.07, 6.45) is 2.95. The van der Waals surface area contributed by atoms with E-state index >= 15 is 0 Å². The van der Waals surface area contributed by atoms with Gasteiger partial charge in [-0.3, -0.25) is 4.79 Å². The summed E-state index contributed by atoms with van der Waals surface area (Å²) in [5.41, 5.74) is 0.293. The second-order valence-electron chi connectivity index (χ2n) is 3.91. The fourth-order valence-electron chi connectivity index (χ4n) is 1.46. The van der Waals surface area contributed by atoms with Crippen molar-refractivity contribution >= 4 is 11.7 Å². The fourth-order valence-corrected chi connectivity index (χ4v) is 1.46. The lowest BCUT2D eigenvalue weighted by atomic mass is 10.2. The van der Waals surface area contributed by atoms with E-state index in [2.05, 4.69) is 21.4 Å². The summed E-state index contributed by atoms with van der Waals surface area (Å²) in [6.45, 7) is 4.60. The first kappa shape index (κ1) is 13.9. The highest BCUT2D eigenvalue weighted by atomic mass is 16.2. The number of amides is 1. The number of rotatable bonds is 5. The topological polar surface area (TPSA) is 81.9 Å². The van der Waals surface area contributed by atoms with E-state index in [1.807, 2.05) is 6.92 Å². The maximum Gasteiger partial charge on any atom is 0.274 e. The Hall–Kier alpha value is -2.16. The molecule has 6 nitrogen and oxygen atoms in total. The highest BCUT2D eigenvalue weighted by molar-refractivity contribution is 5.92. The van der Waals surface area contributed by atoms with Gasteiger partial charge in [0.05, 0.1) is 24.4 Å². The predicted octanol–water partition coefficient (Wildman–Crippen LogP) is 1.14. The Balaban J connectivity index is 2.80. The number of hydrogen-bond donors (Lipinski definition) is 1. The molecular weight excluding hydrogens is 230 g/mol. The van der Waals surface area contributed by atoms with Gasteiger partial charge >= 0.3 is 0 Å². The molecule has 0 saturated heterocycles. The number of hydrogen-bond acceptors (Lipinski definition) is 5. The number of carbonyl (C=O) groups excluding carboxylic acids is 1. The molecule has 0 radical (unpaired) electrons. The molecule has 0 spiro atoms. The Kier molecular flexibility index (Phi) is 5.06. The van der Waals surface area contributed by atoms with Crippen molar-refractivity contribution < 1.29 is 4.79 Å². The normalized spacial score (nSPS) is 11.4. The van der Waals surface area contributed by atoms with Crippen molar-refractivity contribution in [2.45, 2.75) is 13.8 Å². The van der Waals surface area contributed by atoms with Crippen molar-refractivity contribution in [3.8, 4) is 6.07 Å². The van der Waals surface area contributed by atoms with E-state index in [0.717, 1.165) is 0 Å². The van der Waals surface area contributed by atoms with Crippen molar-refractivity contribution in [1.82, 2.24) is 14.9 Å². The van der Waals surface area contributed by atoms with Gasteiger partial charge in [0.15, 0.2) is 0 Å². The van der Waals surface area contributed by atoms with Crippen LogP contribution in [0.1, 0.15) is 24.3 Å². The monoisotopic (exact) mass is 247 g/mol. The number of aromatic nitrogens is 2. The van der Waals surface area contributed by atoms with Gasteiger partial charge in [0.25, 0.3) is 5.91 Å². The third kappa shape index (κ3) is 3.42. The minimum absolute atomic E-state index is 0.196. The molecule has 0 aliphatic heterocycles. The lowest BCUT2D eigenvalue weighted by Gasteiger charge is -2.21. The molecule has 1 unspecified atom stereocenters. The standard InChI is InChI=1S/C12H17N5O/c1-4-17(8-9(2)5-13)12(18)10-6-16-11(14-3)7-15-10/h6-7,9H,4,8H2,1-3H3,(H,14,16). The quantitative estimate of drug-likeness (QED) is 0.843. The molecule has 0 bridgehead atoms. The highest BCUT2D eigenvalue weighted by Gasteiger charge is 2.18. The average molecular weight is 247 g/mol. The minimum Gasteiger partial charge on any atom is -0.372 e. The van der Waals surface area contributed by atoms with Crippen LogP contribution in [0, 0.1) is 17.2 Å². The van der Waals surface area contributed by atoms with Crippen LogP contribution < -0.4 is 5.32 Å². The molecule has 1 N–H and O–H groups in total. The zero-order valence-electron chi connectivity index (χ0n) is 10.8. The zero-order chi connectivity index (χ0) is 13.5. The highest BCUT2D eigenvalue weighted by Crippen LogP contribution is 2.06. The molecular formula is C12H17N5O. The van der Waals surface area contributed by atoms with Crippen molar-refractivity contribution in [2.75, 3.05) is 25.5 Å². The van der Waals surface area contributed by atoms with Gasteiger partial charge in [-0.1, -0.05) is 0 Å². The number of nitriles is 1. The first-order chi connectivity index (χ1) is 8.62. The van der Waals surface area contributed by atoms with Gasteiger partial charge in [0.1, 0.15) is 11.5 Å².